The molecule has 0 aromatic carbocycles. The molecule has 20 heavy (non-hydrogen) atoms. The lowest BCUT2D eigenvalue weighted by Crippen LogP contribution is -2.45. The summed E-state index contributed by atoms with van der Waals surface area (Å²) in [6, 6.07) is 0.0545. The zero-order chi connectivity index (χ0) is 15.5. The Morgan fingerprint density at radius 1 is 1.50 bits per heavy atom. The summed E-state index contributed by atoms with van der Waals surface area (Å²) in [4.78, 5) is 26.0. The van der Waals surface area contributed by atoms with Gasteiger partial charge in [-0.15, -0.1) is 0 Å². The van der Waals surface area contributed by atoms with E-state index in [9.17, 15) is 18.0 Å². The Labute approximate surface area is 116 Å². The Morgan fingerprint density at radius 3 is 2.55 bits per heavy atom. The van der Waals surface area contributed by atoms with Crippen molar-refractivity contribution in [1.29, 1.82) is 0 Å². The summed E-state index contributed by atoms with van der Waals surface area (Å²) in [7, 11) is -2.39. The highest BCUT2D eigenvalue weighted by Crippen LogP contribution is 2.11. The third-order valence-corrected chi connectivity index (χ3v) is 4.27. The predicted molar refractivity (Wildman–Crippen MR) is 70.8 cm³/mol. The summed E-state index contributed by atoms with van der Waals surface area (Å²) >= 11 is 0. The number of nitrogens with one attached hydrogen (secondary N) is 2. The Kier molecular flexibility index (Phi) is 4.90. The topological polar surface area (TPSA) is 120 Å². The van der Waals surface area contributed by atoms with E-state index in [1.54, 1.807) is 14.0 Å². The summed E-state index contributed by atoms with van der Waals surface area (Å²) in [5.74, 6) is -1.63. The molecule has 0 radical (unpaired) electrons. The van der Waals surface area contributed by atoms with Crippen LogP contribution >= 0.6 is 0 Å². The number of amides is 1. The van der Waals surface area contributed by atoms with Gasteiger partial charge in [0.25, 0.3) is 0 Å². The van der Waals surface area contributed by atoms with Gasteiger partial charge in [-0.05, 0) is 19.9 Å². The fraction of sp³-hybridized carbons (Fsp3) is 0.455. The molecule has 0 saturated carbocycles. The number of carbonyl (C=O) groups is 2. The Balaban J connectivity index is 2.89. The van der Waals surface area contributed by atoms with E-state index >= 15 is 0 Å². The average molecular weight is 303 g/mol. The van der Waals surface area contributed by atoms with Crippen molar-refractivity contribution in [3.05, 3.63) is 18.0 Å². The molecular formula is C11H17N3O5S. The molecule has 0 aliphatic rings. The second-order valence-electron chi connectivity index (χ2n) is 4.25. The van der Waals surface area contributed by atoms with Gasteiger partial charge in [0.15, 0.2) is 0 Å². The van der Waals surface area contributed by atoms with Crippen molar-refractivity contribution in [3.63, 3.8) is 0 Å². The SMILES string of the molecule is CCN(C)C(=O)C(C)NS(=O)(=O)c1c[nH]c(C(=O)O)c1. The molecule has 0 aliphatic heterocycles. The first-order valence-electron chi connectivity index (χ1n) is 5.88. The van der Waals surface area contributed by atoms with Crippen molar-refractivity contribution in [3.8, 4) is 0 Å². The van der Waals surface area contributed by atoms with Crippen LogP contribution in [0.15, 0.2) is 17.2 Å². The van der Waals surface area contributed by atoms with Crippen LogP contribution < -0.4 is 4.72 Å². The van der Waals surface area contributed by atoms with E-state index in [0.29, 0.717) is 6.54 Å². The molecule has 1 rings (SSSR count). The average Bonchev–Trinajstić information content (AvgIpc) is 2.86. The van der Waals surface area contributed by atoms with Crippen LogP contribution in [0.25, 0.3) is 0 Å². The predicted octanol–water partition coefficient (Wildman–Crippen LogP) is -0.142. The van der Waals surface area contributed by atoms with Crippen LogP contribution in [0.5, 0.6) is 0 Å². The van der Waals surface area contributed by atoms with Gasteiger partial charge < -0.3 is 15.0 Å². The lowest BCUT2D eigenvalue weighted by molar-refractivity contribution is -0.131. The van der Waals surface area contributed by atoms with Gasteiger partial charge >= 0.3 is 5.97 Å². The van der Waals surface area contributed by atoms with Crippen molar-refractivity contribution in [1.82, 2.24) is 14.6 Å². The van der Waals surface area contributed by atoms with E-state index in [1.807, 2.05) is 0 Å². The van der Waals surface area contributed by atoms with Crippen LogP contribution in [0.2, 0.25) is 0 Å². The first-order chi connectivity index (χ1) is 9.19. The zero-order valence-electron chi connectivity index (χ0n) is 11.4. The van der Waals surface area contributed by atoms with E-state index in [-0.39, 0.29) is 16.5 Å². The summed E-state index contributed by atoms with van der Waals surface area (Å²) in [5.41, 5.74) is -0.241. The van der Waals surface area contributed by atoms with Crippen molar-refractivity contribution in [2.75, 3.05) is 13.6 Å². The van der Waals surface area contributed by atoms with Crippen LogP contribution in [-0.2, 0) is 14.8 Å². The van der Waals surface area contributed by atoms with E-state index in [1.165, 1.54) is 11.8 Å². The van der Waals surface area contributed by atoms with Gasteiger partial charge in [0.1, 0.15) is 10.6 Å². The minimum atomic E-state index is -3.95. The van der Waals surface area contributed by atoms with Gasteiger partial charge in [0.05, 0.1) is 6.04 Å². The number of H-pyrrole nitrogens is 1. The molecule has 1 heterocycles. The Morgan fingerprint density at radius 2 is 2.10 bits per heavy atom. The van der Waals surface area contributed by atoms with E-state index in [4.69, 9.17) is 5.11 Å². The van der Waals surface area contributed by atoms with Gasteiger partial charge in [-0.3, -0.25) is 4.79 Å². The number of rotatable bonds is 6. The molecule has 0 saturated heterocycles. The number of carboxylic acid groups (broad SMARTS) is 1. The molecule has 1 atom stereocenters. The van der Waals surface area contributed by atoms with E-state index in [2.05, 4.69) is 9.71 Å². The minimum Gasteiger partial charge on any atom is -0.477 e. The third-order valence-electron chi connectivity index (χ3n) is 2.75. The zero-order valence-corrected chi connectivity index (χ0v) is 12.2. The molecule has 1 aromatic rings. The van der Waals surface area contributed by atoms with Crippen molar-refractivity contribution >= 4 is 21.9 Å². The number of likely N-dealkylation sites (N-methyl/N-ethyl adjacent to an activating group) is 1. The maximum Gasteiger partial charge on any atom is 0.352 e. The van der Waals surface area contributed by atoms with Crippen molar-refractivity contribution < 1.29 is 23.1 Å². The van der Waals surface area contributed by atoms with Gasteiger partial charge in [-0.25, -0.2) is 13.2 Å². The van der Waals surface area contributed by atoms with Crippen LogP contribution in [0, 0.1) is 0 Å². The van der Waals surface area contributed by atoms with Gasteiger partial charge in [-0.2, -0.15) is 4.72 Å². The number of aromatic amines is 1. The van der Waals surface area contributed by atoms with E-state index < -0.39 is 22.0 Å². The molecule has 0 fully saturated rings. The van der Waals surface area contributed by atoms with Gasteiger partial charge in [0.2, 0.25) is 15.9 Å². The quantitative estimate of drug-likeness (QED) is 0.675. The number of hydrogen-bond acceptors (Lipinski definition) is 4. The smallest absolute Gasteiger partial charge is 0.352 e. The molecule has 0 bridgehead atoms. The molecule has 9 heteroatoms. The molecular weight excluding hydrogens is 286 g/mol. The first kappa shape index (κ1) is 16.2. The highest BCUT2D eigenvalue weighted by Gasteiger charge is 2.25. The fourth-order valence-corrected chi connectivity index (χ4v) is 2.68. The van der Waals surface area contributed by atoms with Gasteiger partial charge in [-0.1, -0.05) is 0 Å². The van der Waals surface area contributed by atoms with Crippen molar-refractivity contribution in [2.24, 2.45) is 0 Å². The molecule has 0 spiro atoms. The van der Waals surface area contributed by atoms with Crippen LogP contribution in [-0.4, -0.2) is 54.9 Å². The van der Waals surface area contributed by atoms with Crippen LogP contribution in [0.3, 0.4) is 0 Å². The number of nitrogens with zero attached hydrogens (tertiary/aromatic N) is 1. The summed E-state index contributed by atoms with van der Waals surface area (Å²) in [6.07, 6.45) is 1.06. The van der Waals surface area contributed by atoms with Crippen LogP contribution in [0.4, 0.5) is 0 Å². The molecule has 3 N–H and O–H groups in total. The molecule has 1 aromatic heterocycles. The lowest BCUT2D eigenvalue weighted by atomic mass is 10.3. The summed E-state index contributed by atoms with van der Waals surface area (Å²) in [5, 5.41) is 8.73. The molecule has 8 nitrogen and oxygen atoms in total. The standard InChI is InChI=1S/C11H17N3O5S/c1-4-14(3)10(15)7(2)13-20(18,19)8-5-9(11(16)17)12-6-8/h5-7,12-13H,4H2,1-3H3,(H,16,17). The third kappa shape index (κ3) is 3.58. The number of carboxylic acids is 1. The van der Waals surface area contributed by atoms with Gasteiger partial charge in [0, 0.05) is 19.8 Å². The largest absolute Gasteiger partial charge is 0.477 e. The number of sulfonamides is 1. The Hall–Kier alpha value is -1.87. The second kappa shape index (κ2) is 6.06. The number of aromatic carboxylic acids is 1. The molecule has 1 unspecified atom stereocenters. The van der Waals surface area contributed by atoms with Crippen LogP contribution in [0.1, 0.15) is 24.3 Å². The monoisotopic (exact) mass is 303 g/mol. The first-order valence-corrected chi connectivity index (χ1v) is 7.36. The fourth-order valence-electron chi connectivity index (χ4n) is 1.49. The highest BCUT2D eigenvalue weighted by molar-refractivity contribution is 7.89. The maximum atomic E-state index is 12.0. The summed E-state index contributed by atoms with van der Waals surface area (Å²) < 4.78 is 26.2. The number of aromatic nitrogens is 1. The van der Waals surface area contributed by atoms with E-state index in [0.717, 1.165) is 12.3 Å². The minimum absolute atomic E-state index is 0.228. The van der Waals surface area contributed by atoms with Crippen molar-refractivity contribution in [2.45, 2.75) is 24.8 Å². The molecule has 1 amide bonds. The lowest BCUT2D eigenvalue weighted by Gasteiger charge is -2.20. The normalized spacial score (nSPS) is 12.9. The number of carbonyl (C=O) groups excluding carboxylic acids is 1. The Bertz CT molecular complexity index is 607. The maximum absolute atomic E-state index is 12.0. The highest BCUT2D eigenvalue weighted by atomic mass is 32.2. The molecule has 0 aliphatic carbocycles. The summed E-state index contributed by atoms with van der Waals surface area (Å²) in [6.45, 7) is 3.65. The molecule has 112 valence electrons. The number of hydrogen-bond donors (Lipinski definition) is 3. The second-order valence-corrected chi connectivity index (χ2v) is 5.96.